The quantitative estimate of drug-likeness (QED) is 0.824. The number of rotatable bonds is 2. The van der Waals surface area contributed by atoms with Crippen LogP contribution in [0.4, 0.5) is 13.2 Å². The Bertz CT molecular complexity index is 673. The van der Waals surface area contributed by atoms with E-state index in [0.717, 1.165) is 43.7 Å². The number of benzene rings is 1. The molecule has 128 valence electrons. The van der Waals surface area contributed by atoms with E-state index in [1.165, 1.54) is 4.31 Å². The molecule has 3 saturated heterocycles. The van der Waals surface area contributed by atoms with E-state index in [1.54, 1.807) is 0 Å². The van der Waals surface area contributed by atoms with Crippen molar-refractivity contribution < 1.29 is 21.6 Å². The second-order valence-electron chi connectivity index (χ2n) is 6.42. The minimum atomic E-state index is -4.47. The summed E-state index contributed by atoms with van der Waals surface area (Å²) in [6.45, 7) is 1.96. The minimum Gasteiger partial charge on any atom is -0.304 e. The molecule has 4 rings (SSSR count). The van der Waals surface area contributed by atoms with Gasteiger partial charge in [-0.1, -0.05) is 0 Å². The van der Waals surface area contributed by atoms with Gasteiger partial charge in [-0.05, 0) is 50.1 Å². The van der Waals surface area contributed by atoms with E-state index in [4.69, 9.17) is 0 Å². The first-order valence-corrected chi connectivity index (χ1v) is 8.99. The third kappa shape index (κ3) is 3.25. The molecule has 1 aromatic carbocycles. The highest BCUT2D eigenvalue weighted by Crippen LogP contribution is 2.33. The second-order valence-corrected chi connectivity index (χ2v) is 8.31. The van der Waals surface area contributed by atoms with Crippen LogP contribution in [-0.4, -0.2) is 50.3 Å². The summed E-state index contributed by atoms with van der Waals surface area (Å²) < 4.78 is 65.0. The maximum atomic E-state index is 12.8. The second kappa shape index (κ2) is 5.75. The van der Waals surface area contributed by atoms with E-state index in [1.807, 2.05) is 7.05 Å². The predicted octanol–water partition coefficient (Wildman–Crippen LogP) is 2.42. The third-order valence-corrected chi connectivity index (χ3v) is 6.57. The van der Waals surface area contributed by atoms with Crippen LogP contribution in [0.3, 0.4) is 0 Å². The molecule has 3 heterocycles. The molecule has 2 bridgehead atoms. The van der Waals surface area contributed by atoms with E-state index < -0.39 is 21.8 Å². The van der Waals surface area contributed by atoms with Gasteiger partial charge in [0.15, 0.2) is 0 Å². The first-order chi connectivity index (χ1) is 10.7. The lowest BCUT2D eigenvalue weighted by Crippen LogP contribution is -2.47. The van der Waals surface area contributed by atoms with Gasteiger partial charge in [0.25, 0.3) is 0 Å². The average Bonchev–Trinajstić information content (AvgIpc) is 2.75. The first-order valence-electron chi connectivity index (χ1n) is 7.55. The van der Waals surface area contributed by atoms with Crippen LogP contribution in [0.2, 0.25) is 0 Å². The average molecular weight is 348 g/mol. The van der Waals surface area contributed by atoms with Gasteiger partial charge < -0.3 is 4.90 Å². The summed E-state index contributed by atoms with van der Waals surface area (Å²) in [6.07, 6.45) is -2.67. The topological polar surface area (TPSA) is 40.6 Å². The Kier molecular flexibility index (Phi) is 4.18. The number of piperidine rings is 1. The molecule has 8 heteroatoms. The van der Waals surface area contributed by atoms with Gasteiger partial charge in [0.1, 0.15) is 0 Å². The van der Waals surface area contributed by atoms with E-state index in [2.05, 4.69) is 4.90 Å². The van der Waals surface area contributed by atoms with Crippen LogP contribution in [0.15, 0.2) is 29.2 Å². The monoisotopic (exact) mass is 348 g/mol. The molecule has 0 saturated carbocycles. The largest absolute Gasteiger partial charge is 0.416 e. The number of hydrogen-bond acceptors (Lipinski definition) is 3. The number of sulfonamides is 1. The molecule has 3 aliphatic rings. The highest BCUT2D eigenvalue weighted by atomic mass is 32.2. The van der Waals surface area contributed by atoms with Gasteiger partial charge in [0.05, 0.1) is 10.5 Å². The molecule has 3 fully saturated rings. The Morgan fingerprint density at radius 3 is 2.30 bits per heavy atom. The molecule has 0 N–H and O–H groups in total. The van der Waals surface area contributed by atoms with Crippen LogP contribution < -0.4 is 0 Å². The molecule has 1 aromatic rings. The lowest BCUT2D eigenvalue weighted by Gasteiger charge is -2.35. The van der Waals surface area contributed by atoms with Crippen LogP contribution >= 0.6 is 0 Å². The normalized spacial score (nSPS) is 27.1. The fraction of sp³-hybridized carbons (Fsp3) is 0.600. The van der Waals surface area contributed by atoms with Crippen molar-refractivity contribution in [2.24, 2.45) is 5.92 Å². The van der Waals surface area contributed by atoms with Gasteiger partial charge in [0.2, 0.25) is 10.0 Å². The Balaban J connectivity index is 1.89. The summed E-state index contributed by atoms with van der Waals surface area (Å²) in [5.74, 6) is 0.281. The minimum absolute atomic E-state index is 0.0688. The third-order valence-electron chi connectivity index (χ3n) is 4.63. The number of hydrogen-bond donors (Lipinski definition) is 0. The maximum absolute atomic E-state index is 12.8. The standard InChI is InChI=1S/C15H19F3N2O2S/c1-19-8-11-2-5-13(10-19)20(9-11)23(21,22)14-6-3-12(4-7-14)15(16,17)18/h3-4,6-7,11,13H,2,5,8-10H2,1H3/t11-,13+/m0/s1. The van der Waals surface area contributed by atoms with Crippen molar-refractivity contribution in [1.29, 1.82) is 0 Å². The molecule has 0 spiro atoms. The van der Waals surface area contributed by atoms with E-state index in [0.29, 0.717) is 13.1 Å². The zero-order valence-corrected chi connectivity index (χ0v) is 13.6. The van der Waals surface area contributed by atoms with Crippen LogP contribution in [0.25, 0.3) is 0 Å². The van der Waals surface area contributed by atoms with Crippen LogP contribution in [0.1, 0.15) is 18.4 Å². The zero-order valence-electron chi connectivity index (χ0n) is 12.8. The molecule has 0 aromatic heterocycles. The highest BCUT2D eigenvalue weighted by molar-refractivity contribution is 7.89. The van der Waals surface area contributed by atoms with Crippen molar-refractivity contribution in [2.45, 2.75) is 30.0 Å². The van der Waals surface area contributed by atoms with Gasteiger partial charge >= 0.3 is 6.18 Å². The number of likely N-dealkylation sites (N-methyl/N-ethyl adjacent to an activating group) is 1. The fourth-order valence-corrected chi connectivity index (χ4v) is 5.24. The molecule has 0 amide bonds. The van der Waals surface area contributed by atoms with Gasteiger partial charge in [-0.2, -0.15) is 17.5 Å². The predicted molar refractivity (Wildman–Crippen MR) is 79.3 cm³/mol. The van der Waals surface area contributed by atoms with Crippen LogP contribution in [-0.2, 0) is 16.2 Å². The number of alkyl halides is 3. The lowest BCUT2D eigenvalue weighted by molar-refractivity contribution is -0.137. The summed E-state index contributed by atoms with van der Waals surface area (Å²) in [5.41, 5.74) is -0.839. The maximum Gasteiger partial charge on any atom is 0.416 e. The summed E-state index contributed by atoms with van der Waals surface area (Å²) in [4.78, 5) is 2.06. The molecule has 4 nitrogen and oxygen atoms in total. The summed E-state index contributed by atoms with van der Waals surface area (Å²) in [7, 11) is -1.79. The Labute approximate surface area is 133 Å². The Morgan fingerprint density at radius 2 is 1.70 bits per heavy atom. The summed E-state index contributed by atoms with van der Waals surface area (Å²) >= 11 is 0. The van der Waals surface area contributed by atoms with Gasteiger partial charge in [-0.25, -0.2) is 8.42 Å². The van der Waals surface area contributed by atoms with Crippen LogP contribution in [0.5, 0.6) is 0 Å². The van der Waals surface area contributed by atoms with E-state index >= 15 is 0 Å². The van der Waals surface area contributed by atoms with Crippen molar-refractivity contribution in [3.05, 3.63) is 29.8 Å². The van der Waals surface area contributed by atoms with Crippen molar-refractivity contribution in [3.8, 4) is 0 Å². The number of fused-ring (bicyclic) bond motifs is 4. The van der Waals surface area contributed by atoms with E-state index in [-0.39, 0.29) is 16.9 Å². The van der Waals surface area contributed by atoms with Crippen molar-refractivity contribution in [2.75, 3.05) is 26.7 Å². The van der Waals surface area contributed by atoms with Crippen molar-refractivity contribution in [1.82, 2.24) is 9.21 Å². The zero-order chi connectivity index (χ0) is 16.8. The van der Waals surface area contributed by atoms with Gasteiger partial charge in [-0.15, -0.1) is 0 Å². The first kappa shape index (κ1) is 16.7. The summed E-state index contributed by atoms with van der Waals surface area (Å²) in [5, 5.41) is 0. The fourth-order valence-electron chi connectivity index (χ4n) is 3.52. The van der Waals surface area contributed by atoms with Gasteiger partial charge in [0, 0.05) is 25.7 Å². The molecular weight excluding hydrogens is 329 g/mol. The SMILES string of the molecule is CN1C[C@@H]2CC[C@H](C1)N(S(=O)(=O)c1ccc(C(F)(F)F)cc1)C2. The summed E-state index contributed by atoms with van der Waals surface area (Å²) in [6, 6.07) is 3.66. The lowest BCUT2D eigenvalue weighted by atomic mass is 9.97. The van der Waals surface area contributed by atoms with Gasteiger partial charge in [-0.3, -0.25) is 0 Å². The molecule has 0 radical (unpaired) electrons. The smallest absolute Gasteiger partial charge is 0.304 e. The molecule has 23 heavy (non-hydrogen) atoms. The van der Waals surface area contributed by atoms with E-state index in [9.17, 15) is 21.6 Å². The van der Waals surface area contributed by atoms with Crippen molar-refractivity contribution >= 4 is 10.0 Å². The highest BCUT2D eigenvalue weighted by Gasteiger charge is 2.40. The van der Waals surface area contributed by atoms with Crippen LogP contribution in [0, 0.1) is 5.92 Å². The number of halogens is 3. The Morgan fingerprint density at radius 1 is 1.04 bits per heavy atom. The number of nitrogens with zero attached hydrogens (tertiary/aromatic N) is 2. The molecular formula is C15H19F3N2O2S. The molecule has 0 aliphatic carbocycles. The molecule has 2 atom stereocenters. The molecule has 0 unspecified atom stereocenters. The molecule has 3 aliphatic heterocycles. The Hall–Kier alpha value is -1.12. The van der Waals surface area contributed by atoms with Crippen molar-refractivity contribution in [3.63, 3.8) is 0 Å².